The second-order valence-electron chi connectivity index (χ2n) is 7.66. The first kappa shape index (κ1) is 20.2. The third-order valence-corrected chi connectivity index (χ3v) is 5.58. The van der Waals surface area contributed by atoms with Gasteiger partial charge >= 0.3 is 0 Å². The molecule has 1 aliphatic rings. The molecule has 0 aliphatic heterocycles. The summed E-state index contributed by atoms with van der Waals surface area (Å²) in [5, 5.41) is 3.99. The second kappa shape index (κ2) is 9.61. The van der Waals surface area contributed by atoms with Gasteiger partial charge in [0.2, 0.25) is 17.6 Å². The van der Waals surface area contributed by atoms with Crippen LogP contribution in [0.4, 0.5) is 4.39 Å². The van der Waals surface area contributed by atoms with Crippen LogP contribution in [-0.4, -0.2) is 38.5 Å². The molecular weight excluding hydrogens is 383 g/mol. The summed E-state index contributed by atoms with van der Waals surface area (Å²) in [6, 6.07) is 10.5. The van der Waals surface area contributed by atoms with Gasteiger partial charge in [-0.3, -0.25) is 9.78 Å². The summed E-state index contributed by atoms with van der Waals surface area (Å²) in [6.45, 7) is 0.639. The van der Waals surface area contributed by atoms with Crippen LogP contribution in [0.25, 0.3) is 11.4 Å². The van der Waals surface area contributed by atoms with Crippen molar-refractivity contribution in [2.75, 3.05) is 6.54 Å². The highest BCUT2D eigenvalue weighted by atomic mass is 19.1. The minimum atomic E-state index is -0.243. The minimum absolute atomic E-state index is 0.102. The number of hydrogen-bond donors (Lipinski definition) is 0. The SMILES string of the molecule is O=C(CCc1nc(-c2cccnc2)no1)N(CCc1ccc(F)cc1)C1CCCC1. The van der Waals surface area contributed by atoms with Crippen LogP contribution < -0.4 is 0 Å². The van der Waals surface area contributed by atoms with Crippen molar-refractivity contribution >= 4 is 5.91 Å². The Bertz CT molecular complexity index is 953. The summed E-state index contributed by atoms with van der Waals surface area (Å²) in [5.74, 6) is 0.791. The second-order valence-corrected chi connectivity index (χ2v) is 7.66. The van der Waals surface area contributed by atoms with Crippen molar-refractivity contribution in [2.45, 2.75) is 51.0 Å². The average molecular weight is 408 g/mol. The molecule has 6 nitrogen and oxygen atoms in total. The smallest absolute Gasteiger partial charge is 0.227 e. The van der Waals surface area contributed by atoms with E-state index in [-0.39, 0.29) is 17.8 Å². The number of hydrogen-bond acceptors (Lipinski definition) is 5. The van der Waals surface area contributed by atoms with E-state index in [4.69, 9.17) is 4.52 Å². The van der Waals surface area contributed by atoms with Crippen LogP contribution in [0.2, 0.25) is 0 Å². The summed E-state index contributed by atoms with van der Waals surface area (Å²) in [4.78, 5) is 23.5. The zero-order valence-electron chi connectivity index (χ0n) is 16.8. The molecule has 156 valence electrons. The molecule has 0 bridgehead atoms. The summed E-state index contributed by atoms with van der Waals surface area (Å²) in [5.41, 5.74) is 1.82. The number of aryl methyl sites for hydroxylation is 1. The molecule has 0 atom stereocenters. The molecule has 1 fully saturated rings. The number of benzene rings is 1. The van der Waals surface area contributed by atoms with E-state index in [9.17, 15) is 9.18 Å². The predicted molar refractivity (Wildman–Crippen MR) is 110 cm³/mol. The van der Waals surface area contributed by atoms with Gasteiger partial charge in [0.1, 0.15) is 5.82 Å². The maximum atomic E-state index is 13.1. The number of carbonyl (C=O) groups excluding carboxylic acids is 1. The van der Waals surface area contributed by atoms with Gasteiger partial charge in [0, 0.05) is 43.4 Å². The van der Waals surface area contributed by atoms with Gasteiger partial charge in [-0.2, -0.15) is 4.98 Å². The van der Waals surface area contributed by atoms with Gasteiger partial charge in [-0.15, -0.1) is 0 Å². The van der Waals surface area contributed by atoms with Gasteiger partial charge in [-0.25, -0.2) is 4.39 Å². The normalized spacial score (nSPS) is 14.2. The molecule has 2 aromatic heterocycles. The lowest BCUT2D eigenvalue weighted by Gasteiger charge is -2.29. The highest BCUT2D eigenvalue weighted by Crippen LogP contribution is 2.25. The van der Waals surface area contributed by atoms with Crippen molar-refractivity contribution in [3.63, 3.8) is 0 Å². The van der Waals surface area contributed by atoms with Gasteiger partial charge in [0.25, 0.3) is 0 Å². The summed E-state index contributed by atoms with van der Waals surface area (Å²) >= 11 is 0. The van der Waals surface area contributed by atoms with Crippen LogP contribution in [0.5, 0.6) is 0 Å². The third kappa shape index (κ3) is 5.09. The van der Waals surface area contributed by atoms with Crippen LogP contribution >= 0.6 is 0 Å². The molecule has 1 aliphatic carbocycles. The largest absolute Gasteiger partial charge is 0.339 e. The monoisotopic (exact) mass is 408 g/mol. The fourth-order valence-electron chi connectivity index (χ4n) is 3.95. The molecule has 0 saturated heterocycles. The highest BCUT2D eigenvalue weighted by Gasteiger charge is 2.26. The Morgan fingerprint density at radius 3 is 2.67 bits per heavy atom. The van der Waals surface area contributed by atoms with Crippen molar-refractivity contribution in [2.24, 2.45) is 0 Å². The van der Waals surface area contributed by atoms with Crippen molar-refractivity contribution in [1.82, 2.24) is 20.0 Å². The Morgan fingerprint density at radius 2 is 1.93 bits per heavy atom. The molecular formula is C23H25FN4O2. The van der Waals surface area contributed by atoms with Crippen LogP contribution in [-0.2, 0) is 17.6 Å². The van der Waals surface area contributed by atoms with Crippen LogP contribution in [0, 0.1) is 5.82 Å². The number of amides is 1. The Morgan fingerprint density at radius 1 is 1.13 bits per heavy atom. The van der Waals surface area contributed by atoms with Crippen LogP contribution in [0.1, 0.15) is 43.6 Å². The fourth-order valence-corrected chi connectivity index (χ4v) is 3.95. The van der Waals surface area contributed by atoms with Gasteiger partial charge in [0.15, 0.2) is 0 Å². The van der Waals surface area contributed by atoms with Crippen molar-refractivity contribution in [3.8, 4) is 11.4 Å². The molecule has 0 unspecified atom stereocenters. The molecule has 1 aromatic carbocycles. The number of pyridine rings is 1. The lowest BCUT2D eigenvalue weighted by molar-refractivity contribution is -0.133. The lowest BCUT2D eigenvalue weighted by Crippen LogP contribution is -2.40. The molecule has 0 N–H and O–H groups in total. The van der Waals surface area contributed by atoms with Gasteiger partial charge in [0.05, 0.1) is 0 Å². The van der Waals surface area contributed by atoms with E-state index in [1.807, 2.05) is 17.0 Å². The maximum Gasteiger partial charge on any atom is 0.227 e. The van der Waals surface area contributed by atoms with E-state index in [1.165, 1.54) is 12.1 Å². The molecule has 7 heteroatoms. The lowest BCUT2D eigenvalue weighted by atomic mass is 10.1. The Kier molecular flexibility index (Phi) is 6.47. The third-order valence-electron chi connectivity index (χ3n) is 5.58. The van der Waals surface area contributed by atoms with Crippen molar-refractivity contribution < 1.29 is 13.7 Å². The molecule has 0 radical (unpaired) electrons. The number of rotatable bonds is 8. The van der Waals surface area contributed by atoms with Crippen molar-refractivity contribution in [3.05, 3.63) is 66.1 Å². The number of carbonyl (C=O) groups is 1. The molecule has 0 spiro atoms. The quantitative estimate of drug-likeness (QED) is 0.558. The zero-order valence-corrected chi connectivity index (χ0v) is 16.8. The Balaban J connectivity index is 1.37. The van der Waals surface area contributed by atoms with E-state index in [1.54, 1.807) is 24.5 Å². The molecule has 4 rings (SSSR count). The van der Waals surface area contributed by atoms with Gasteiger partial charge in [-0.1, -0.05) is 30.1 Å². The van der Waals surface area contributed by atoms with Gasteiger partial charge < -0.3 is 9.42 Å². The summed E-state index contributed by atoms with van der Waals surface area (Å²) in [6.07, 6.45) is 9.21. The van der Waals surface area contributed by atoms with E-state index >= 15 is 0 Å². The molecule has 30 heavy (non-hydrogen) atoms. The van der Waals surface area contributed by atoms with Crippen LogP contribution in [0.15, 0.2) is 53.3 Å². The first-order valence-corrected chi connectivity index (χ1v) is 10.5. The summed E-state index contributed by atoms with van der Waals surface area (Å²) in [7, 11) is 0. The van der Waals surface area contributed by atoms with E-state index in [0.717, 1.165) is 36.8 Å². The fraction of sp³-hybridized carbons (Fsp3) is 0.391. The molecule has 3 aromatic rings. The minimum Gasteiger partial charge on any atom is -0.339 e. The number of halogens is 1. The summed E-state index contributed by atoms with van der Waals surface area (Å²) < 4.78 is 18.5. The number of nitrogens with zero attached hydrogens (tertiary/aromatic N) is 4. The standard InChI is InChI=1S/C23H25FN4O2/c24-19-9-7-17(8-10-19)13-15-28(20-5-1-2-6-20)22(29)12-11-21-26-23(27-30-21)18-4-3-14-25-16-18/h3-4,7-10,14,16,20H,1-2,5-6,11-13,15H2. The Hall–Kier alpha value is -3.09. The topological polar surface area (TPSA) is 72.1 Å². The van der Waals surface area contributed by atoms with E-state index < -0.39 is 0 Å². The molecule has 1 saturated carbocycles. The van der Waals surface area contributed by atoms with Gasteiger partial charge in [-0.05, 0) is 49.1 Å². The molecule has 2 heterocycles. The van der Waals surface area contributed by atoms with Crippen LogP contribution in [0.3, 0.4) is 0 Å². The predicted octanol–water partition coefficient (Wildman–Crippen LogP) is 4.22. The first-order chi connectivity index (χ1) is 14.7. The van der Waals surface area contributed by atoms with E-state index in [2.05, 4.69) is 15.1 Å². The average Bonchev–Trinajstić information content (AvgIpc) is 3.47. The Labute approximate surface area is 175 Å². The molecule has 1 amide bonds. The zero-order chi connectivity index (χ0) is 20.8. The first-order valence-electron chi connectivity index (χ1n) is 10.5. The maximum absolute atomic E-state index is 13.1. The van der Waals surface area contributed by atoms with E-state index in [0.29, 0.717) is 37.5 Å². The highest BCUT2D eigenvalue weighted by molar-refractivity contribution is 5.76. The van der Waals surface area contributed by atoms with Crippen molar-refractivity contribution in [1.29, 1.82) is 0 Å². The number of aromatic nitrogens is 3.